The Balaban J connectivity index is 2.25. The molecule has 1 aromatic heterocycles. The van der Waals surface area contributed by atoms with Crippen molar-refractivity contribution in [3.63, 3.8) is 0 Å². The van der Waals surface area contributed by atoms with E-state index in [1.807, 2.05) is 0 Å². The lowest BCUT2D eigenvalue weighted by Crippen LogP contribution is -2.11. The Kier molecular flexibility index (Phi) is 5.83. The molecule has 25 heavy (non-hydrogen) atoms. The third-order valence-electron chi connectivity index (χ3n) is 3.24. The summed E-state index contributed by atoms with van der Waals surface area (Å²) in [6.45, 7) is 0. The van der Waals surface area contributed by atoms with Gasteiger partial charge in [0.15, 0.2) is 11.7 Å². The Morgan fingerprint density at radius 2 is 1.84 bits per heavy atom. The van der Waals surface area contributed by atoms with E-state index in [1.165, 1.54) is 6.08 Å². The maximum absolute atomic E-state index is 12.5. The van der Waals surface area contributed by atoms with Gasteiger partial charge in [-0.15, -0.1) is 0 Å². The molecule has 0 fully saturated rings. The van der Waals surface area contributed by atoms with E-state index in [-0.39, 0.29) is 5.69 Å². The van der Waals surface area contributed by atoms with Crippen molar-refractivity contribution in [1.82, 2.24) is 4.98 Å². The smallest absolute Gasteiger partial charge is 0.293 e. The number of nitriles is 1. The normalized spacial score (nSPS) is 12.8. The summed E-state index contributed by atoms with van der Waals surface area (Å²) in [5.41, 5.74) is -0.634. The summed E-state index contributed by atoms with van der Waals surface area (Å²) >= 11 is 11.9. The second-order valence-corrected chi connectivity index (χ2v) is 5.72. The summed E-state index contributed by atoms with van der Waals surface area (Å²) < 4.78 is 37.6. The summed E-state index contributed by atoms with van der Waals surface area (Å²) in [7, 11) is 0. The molecule has 1 heterocycles. The van der Waals surface area contributed by atoms with Gasteiger partial charge in [0.05, 0.1) is 17.3 Å². The van der Waals surface area contributed by atoms with Gasteiger partial charge in [-0.3, -0.25) is 9.78 Å². The lowest BCUT2D eigenvalue weighted by Gasteiger charge is -2.09. The number of allylic oxidation sites excluding steroid dienone is 1. The Hall–Kier alpha value is -2.36. The van der Waals surface area contributed by atoms with Crippen LogP contribution in [0.1, 0.15) is 22.7 Å². The number of carbonyl (C=O) groups excluding carboxylic acids is 1. The van der Waals surface area contributed by atoms with Gasteiger partial charge in [0.25, 0.3) is 0 Å². The van der Waals surface area contributed by atoms with Gasteiger partial charge in [-0.25, -0.2) is 0 Å². The zero-order valence-corrected chi connectivity index (χ0v) is 13.9. The summed E-state index contributed by atoms with van der Waals surface area (Å²) in [5, 5.41) is 9.80. The van der Waals surface area contributed by atoms with Gasteiger partial charge in [0.1, 0.15) is 0 Å². The number of hydrogen-bond donors (Lipinski definition) is 0. The Bertz CT molecular complexity index is 835. The average molecular weight is 385 g/mol. The molecule has 0 radical (unpaired) electrons. The molecule has 0 N–H and O–H groups in total. The van der Waals surface area contributed by atoms with Crippen LogP contribution in [0.2, 0.25) is 10.0 Å². The van der Waals surface area contributed by atoms with E-state index in [4.69, 9.17) is 28.5 Å². The van der Waals surface area contributed by atoms with Crippen molar-refractivity contribution < 1.29 is 18.0 Å². The molecule has 2 aromatic rings. The van der Waals surface area contributed by atoms with Crippen molar-refractivity contribution in [3.05, 3.63) is 69.5 Å². The van der Waals surface area contributed by atoms with Crippen LogP contribution in [0.15, 0.2) is 42.6 Å². The summed E-state index contributed by atoms with van der Waals surface area (Å²) in [6.07, 6.45) is -1.51. The number of nitrogens with zero attached hydrogens (tertiary/aromatic N) is 2. The van der Waals surface area contributed by atoms with Crippen LogP contribution < -0.4 is 0 Å². The second-order valence-electron chi connectivity index (χ2n) is 4.90. The largest absolute Gasteiger partial charge is 0.417 e. The highest BCUT2D eigenvalue weighted by Gasteiger charge is 2.31. The number of aromatic nitrogens is 1. The number of rotatable bonds is 4. The third kappa shape index (κ3) is 4.59. The summed E-state index contributed by atoms with van der Waals surface area (Å²) in [4.78, 5) is 15.8. The van der Waals surface area contributed by atoms with Crippen LogP contribution >= 0.6 is 23.2 Å². The highest BCUT2D eigenvalue weighted by Crippen LogP contribution is 2.29. The fourth-order valence-electron chi connectivity index (χ4n) is 1.95. The molecule has 0 bridgehead atoms. The molecule has 1 aromatic carbocycles. The van der Waals surface area contributed by atoms with Crippen LogP contribution in [0.3, 0.4) is 0 Å². The number of pyridine rings is 1. The predicted molar refractivity (Wildman–Crippen MR) is 88.1 cm³/mol. The minimum atomic E-state index is -4.54. The van der Waals surface area contributed by atoms with Crippen molar-refractivity contribution in [2.75, 3.05) is 0 Å². The van der Waals surface area contributed by atoms with Crippen LogP contribution in [-0.2, 0) is 11.0 Å². The zero-order chi connectivity index (χ0) is 18.6. The van der Waals surface area contributed by atoms with Gasteiger partial charge in [0, 0.05) is 21.8 Å². The third-order valence-corrected chi connectivity index (χ3v) is 3.90. The number of ketones is 1. The fourth-order valence-corrected chi connectivity index (χ4v) is 2.47. The molecule has 0 saturated carbocycles. The molecule has 0 aliphatic carbocycles. The Labute approximate surface area is 151 Å². The molecule has 3 nitrogen and oxygen atoms in total. The molecule has 1 unspecified atom stereocenters. The highest BCUT2D eigenvalue weighted by atomic mass is 35.5. The number of halogens is 5. The fraction of sp³-hybridized carbons (Fsp3) is 0.118. The minimum absolute atomic E-state index is 0.0737. The van der Waals surface area contributed by atoms with Gasteiger partial charge in [0.2, 0.25) is 0 Å². The first-order chi connectivity index (χ1) is 11.7. The van der Waals surface area contributed by atoms with E-state index in [2.05, 4.69) is 4.98 Å². The topological polar surface area (TPSA) is 53.8 Å². The molecule has 2 rings (SSSR count). The summed E-state index contributed by atoms with van der Waals surface area (Å²) in [6, 6.07) is 8.30. The molecule has 0 saturated heterocycles. The average Bonchev–Trinajstić information content (AvgIpc) is 2.55. The van der Waals surface area contributed by atoms with Crippen molar-refractivity contribution in [2.45, 2.75) is 12.1 Å². The van der Waals surface area contributed by atoms with E-state index < -0.39 is 23.4 Å². The molecule has 1 atom stereocenters. The molecule has 128 valence electrons. The molecular formula is C17H9Cl2F3N2O. The molecule has 0 aliphatic rings. The maximum Gasteiger partial charge on any atom is 0.417 e. The van der Waals surface area contributed by atoms with E-state index in [1.54, 1.807) is 24.3 Å². The van der Waals surface area contributed by atoms with Crippen LogP contribution in [0.5, 0.6) is 0 Å². The predicted octanol–water partition coefficient (Wildman–Crippen LogP) is 5.30. The second kappa shape index (κ2) is 7.68. The van der Waals surface area contributed by atoms with E-state index in [0.29, 0.717) is 21.8 Å². The number of hydrogen-bond acceptors (Lipinski definition) is 3. The zero-order valence-electron chi connectivity index (χ0n) is 12.4. The first kappa shape index (κ1) is 19.0. The van der Waals surface area contributed by atoms with Gasteiger partial charge >= 0.3 is 6.18 Å². The molecule has 8 heteroatoms. The van der Waals surface area contributed by atoms with E-state index >= 15 is 0 Å². The Morgan fingerprint density at radius 1 is 1.20 bits per heavy atom. The number of benzene rings is 1. The van der Waals surface area contributed by atoms with Crippen LogP contribution in [0.25, 0.3) is 6.08 Å². The standard InChI is InChI=1S/C17H9Cl2F3N2O/c18-13-2-1-3-14(19)11(13)5-7-16(25)12(8-23)15-6-4-10(9-24-15)17(20,21)22/h1-7,9,12H/b7-5+. The van der Waals surface area contributed by atoms with Gasteiger partial charge in [-0.2, -0.15) is 18.4 Å². The summed E-state index contributed by atoms with van der Waals surface area (Å²) in [5.74, 6) is -1.98. The SMILES string of the molecule is N#CC(C(=O)/C=C/c1c(Cl)cccc1Cl)c1ccc(C(F)(F)F)cn1. The molecular weight excluding hydrogens is 376 g/mol. The van der Waals surface area contributed by atoms with Gasteiger partial charge in [-0.1, -0.05) is 29.3 Å². The lowest BCUT2D eigenvalue weighted by atomic mass is 9.99. The van der Waals surface area contributed by atoms with E-state index in [9.17, 15) is 18.0 Å². The first-order valence-corrected chi connectivity index (χ1v) is 7.58. The molecule has 0 amide bonds. The van der Waals surface area contributed by atoms with Crippen molar-refractivity contribution in [2.24, 2.45) is 0 Å². The van der Waals surface area contributed by atoms with E-state index in [0.717, 1.165) is 18.2 Å². The lowest BCUT2D eigenvalue weighted by molar-refractivity contribution is -0.137. The molecule has 0 aliphatic heterocycles. The highest BCUT2D eigenvalue weighted by molar-refractivity contribution is 6.37. The van der Waals surface area contributed by atoms with Crippen molar-refractivity contribution in [1.29, 1.82) is 5.26 Å². The number of carbonyl (C=O) groups is 1. The monoisotopic (exact) mass is 384 g/mol. The van der Waals surface area contributed by atoms with Crippen LogP contribution in [0.4, 0.5) is 13.2 Å². The quantitative estimate of drug-likeness (QED) is 0.672. The van der Waals surface area contributed by atoms with Crippen LogP contribution in [0, 0.1) is 11.3 Å². The number of alkyl halides is 3. The van der Waals surface area contributed by atoms with Crippen molar-refractivity contribution in [3.8, 4) is 6.07 Å². The molecule has 0 spiro atoms. The van der Waals surface area contributed by atoms with Gasteiger partial charge < -0.3 is 0 Å². The Morgan fingerprint density at radius 3 is 2.32 bits per heavy atom. The van der Waals surface area contributed by atoms with Crippen molar-refractivity contribution >= 4 is 35.1 Å². The maximum atomic E-state index is 12.5. The minimum Gasteiger partial charge on any atom is -0.293 e. The van der Waals surface area contributed by atoms with Gasteiger partial charge in [-0.05, 0) is 36.4 Å². The van der Waals surface area contributed by atoms with Crippen LogP contribution in [-0.4, -0.2) is 10.8 Å². The first-order valence-electron chi connectivity index (χ1n) is 6.82.